The Bertz CT molecular complexity index is 452. The summed E-state index contributed by atoms with van der Waals surface area (Å²) < 4.78 is 0. The van der Waals surface area contributed by atoms with Crippen LogP contribution in [0.4, 0.5) is 5.95 Å². The van der Waals surface area contributed by atoms with E-state index in [4.69, 9.17) is 11.6 Å². The molecule has 0 bridgehead atoms. The van der Waals surface area contributed by atoms with Gasteiger partial charge in [0.05, 0.1) is 5.69 Å². The van der Waals surface area contributed by atoms with Crippen molar-refractivity contribution in [2.45, 2.75) is 25.8 Å². The van der Waals surface area contributed by atoms with Crippen molar-refractivity contribution in [2.24, 2.45) is 5.92 Å². The van der Waals surface area contributed by atoms with E-state index in [9.17, 15) is 0 Å². The van der Waals surface area contributed by atoms with E-state index in [1.807, 2.05) is 6.92 Å². The lowest BCUT2D eigenvalue weighted by Gasteiger charge is -2.36. The van der Waals surface area contributed by atoms with Crippen molar-refractivity contribution in [3.8, 4) is 0 Å². The highest BCUT2D eigenvalue weighted by Gasteiger charge is 2.38. The van der Waals surface area contributed by atoms with E-state index < -0.39 is 0 Å². The van der Waals surface area contributed by atoms with Crippen LogP contribution in [0.2, 0.25) is 5.15 Å². The average molecular weight is 268 g/mol. The highest BCUT2D eigenvalue weighted by atomic mass is 35.5. The lowest BCUT2D eigenvalue weighted by Crippen LogP contribution is -2.46. The maximum Gasteiger partial charge on any atom is 0.245 e. The van der Waals surface area contributed by atoms with Gasteiger partial charge in [-0.15, -0.1) is 10.2 Å². The van der Waals surface area contributed by atoms with Crippen LogP contribution in [0.5, 0.6) is 0 Å². The first kappa shape index (κ1) is 12.1. The minimum absolute atomic E-state index is 0.399. The summed E-state index contributed by atoms with van der Waals surface area (Å²) >= 11 is 5.89. The summed E-state index contributed by atoms with van der Waals surface area (Å²) in [5.41, 5.74) is 0.759. The Morgan fingerprint density at radius 2 is 2.11 bits per heavy atom. The van der Waals surface area contributed by atoms with Gasteiger partial charge in [-0.1, -0.05) is 11.6 Å². The Morgan fingerprint density at radius 3 is 2.89 bits per heavy atom. The number of hydrogen-bond acceptors (Lipinski definition) is 5. The number of aromatic nitrogens is 3. The molecule has 2 fully saturated rings. The first-order chi connectivity index (χ1) is 8.65. The lowest BCUT2D eigenvalue weighted by atomic mass is 9.92. The van der Waals surface area contributed by atoms with Gasteiger partial charge in [-0.3, -0.25) is 0 Å². The van der Waals surface area contributed by atoms with Crippen molar-refractivity contribution < 1.29 is 0 Å². The summed E-state index contributed by atoms with van der Waals surface area (Å²) in [6, 6.07) is 0.533. The molecular formula is C12H18ClN5. The van der Waals surface area contributed by atoms with E-state index in [2.05, 4.69) is 32.0 Å². The SMILES string of the molecule is Cc1nc(N2CCCC3CN(C)CC32)nnc1Cl. The van der Waals surface area contributed by atoms with Crippen molar-refractivity contribution in [1.82, 2.24) is 20.1 Å². The van der Waals surface area contributed by atoms with Crippen LogP contribution in [0.25, 0.3) is 0 Å². The number of fused-ring (bicyclic) bond motifs is 1. The van der Waals surface area contributed by atoms with Crippen LogP contribution in [0.3, 0.4) is 0 Å². The summed E-state index contributed by atoms with van der Waals surface area (Å²) in [6.45, 7) is 5.18. The minimum atomic E-state index is 0.399. The zero-order chi connectivity index (χ0) is 12.7. The first-order valence-electron chi connectivity index (χ1n) is 6.47. The topological polar surface area (TPSA) is 45.2 Å². The van der Waals surface area contributed by atoms with Gasteiger partial charge in [0.15, 0.2) is 5.15 Å². The van der Waals surface area contributed by atoms with Crippen LogP contribution in [-0.4, -0.2) is 52.8 Å². The fraction of sp³-hybridized carbons (Fsp3) is 0.750. The zero-order valence-electron chi connectivity index (χ0n) is 10.8. The number of rotatable bonds is 1. The van der Waals surface area contributed by atoms with Gasteiger partial charge in [0.1, 0.15) is 0 Å². The number of halogens is 1. The van der Waals surface area contributed by atoms with E-state index in [1.165, 1.54) is 19.4 Å². The van der Waals surface area contributed by atoms with Gasteiger partial charge in [-0.2, -0.15) is 0 Å². The number of piperidine rings is 1. The molecule has 0 spiro atoms. The van der Waals surface area contributed by atoms with E-state index in [-0.39, 0.29) is 0 Å². The molecule has 0 N–H and O–H groups in total. The van der Waals surface area contributed by atoms with Crippen molar-refractivity contribution in [3.63, 3.8) is 0 Å². The molecule has 0 amide bonds. The monoisotopic (exact) mass is 267 g/mol. The molecule has 2 saturated heterocycles. The molecule has 0 radical (unpaired) electrons. The molecule has 2 atom stereocenters. The summed E-state index contributed by atoms with van der Waals surface area (Å²) in [7, 11) is 2.18. The number of nitrogens with zero attached hydrogens (tertiary/aromatic N) is 5. The molecule has 2 unspecified atom stereocenters. The third-order valence-electron chi connectivity index (χ3n) is 4.01. The highest BCUT2D eigenvalue weighted by Crippen LogP contribution is 2.31. The van der Waals surface area contributed by atoms with Crippen molar-refractivity contribution >= 4 is 17.5 Å². The molecule has 2 aliphatic heterocycles. The predicted octanol–water partition coefficient (Wildman–Crippen LogP) is 1.36. The smallest absolute Gasteiger partial charge is 0.245 e. The quantitative estimate of drug-likeness (QED) is 0.769. The molecule has 5 nitrogen and oxygen atoms in total. The minimum Gasteiger partial charge on any atom is -0.335 e. The maximum absolute atomic E-state index is 5.89. The number of likely N-dealkylation sites (tertiary alicyclic amines) is 1. The maximum atomic E-state index is 5.89. The molecule has 3 rings (SSSR count). The largest absolute Gasteiger partial charge is 0.335 e. The van der Waals surface area contributed by atoms with Gasteiger partial charge in [-0.25, -0.2) is 4.98 Å². The first-order valence-corrected chi connectivity index (χ1v) is 6.85. The van der Waals surface area contributed by atoms with Gasteiger partial charge < -0.3 is 9.80 Å². The Labute approximate surface area is 112 Å². The van der Waals surface area contributed by atoms with E-state index in [0.717, 1.165) is 30.6 Å². The molecule has 3 heterocycles. The van der Waals surface area contributed by atoms with Gasteiger partial charge in [0.25, 0.3) is 0 Å². The summed E-state index contributed by atoms with van der Waals surface area (Å²) in [5.74, 6) is 1.48. The summed E-state index contributed by atoms with van der Waals surface area (Å²) in [5, 5.41) is 8.55. The molecule has 1 aromatic heterocycles. The molecule has 98 valence electrons. The van der Waals surface area contributed by atoms with Crippen LogP contribution in [-0.2, 0) is 0 Å². The van der Waals surface area contributed by atoms with Crippen LogP contribution in [0.15, 0.2) is 0 Å². The number of likely N-dealkylation sites (N-methyl/N-ethyl adjacent to an activating group) is 1. The lowest BCUT2D eigenvalue weighted by molar-refractivity contribution is 0.368. The molecule has 1 aromatic rings. The Balaban J connectivity index is 1.88. The van der Waals surface area contributed by atoms with Crippen molar-refractivity contribution in [2.75, 3.05) is 31.6 Å². The van der Waals surface area contributed by atoms with Gasteiger partial charge in [-0.05, 0) is 32.7 Å². The van der Waals surface area contributed by atoms with Crippen LogP contribution >= 0.6 is 11.6 Å². The van der Waals surface area contributed by atoms with Gasteiger partial charge in [0.2, 0.25) is 5.95 Å². The number of aryl methyl sites for hydroxylation is 1. The third-order valence-corrected chi connectivity index (χ3v) is 4.36. The van der Waals surface area contributed by atoms with Crippen LogP contribution in [0.1, 0.15) is 18.5 Å². The molecule has 0 saturated carbocycles. The second kappa shape index (κ2) is 4.63. The predicted molar refractivity (Wildman–Crippen MR) is 70.9 cm³/mol. The fourth-order valence-electron chi connectivity index (χ4n) is 3.14. The second-order valence-electron chi connectivity index (χ2n) is 5.37. The summed E-state index contributed by atoms with van der Waals surface area (Å²) in [4.78, 5) is 9.19. The third kappa shape index (κ3) is 2.06. The normalized spacial score (nSPS) is 28.5. The standard InChI is InChI=1S/C12H18ClN5/c1-8-11(13)15-16-12(14-8)18-5-3-4-9-6-17(2)7-10(9)18/h9-10H,3-7H2,1-2H3. The fourth-order valence-corrected chi connectivity index (χ4v) is 3.22. The van der Waals surface area contributed by atoms with E-state index in [1.54, 1.807) is 0 Å². The van der Waals surface area contributed by atoms with Crippen LogP contribution in [0, 0.1) is 12.8 Å². The molecule has 6 heteroatoms. The average Bonchev–Trinajstić information content (AvgIpc) is 2.72. The second-order valence-corrected chi connectivity index (χ2v) is 5.73. The van der Waals surface area contributed by atoms with Crippen molar-refractivity contribution in [1.29, 1.82) is 0 Å². The molecular weight excluding hydrogens is 250 g/mol. The summed E-state index contributed by atoms with van der Waals surface area (Å²) in [6.07, 6.45) is 2.52. The molecule has 18 heavy (non-hydrogen) atoms. The molecule has 2 aliphatic rings. The Hall–Kier alpha value is -0.940. The van der Waals surface area contributed by atoms with Crippen molar-refractivity contribution in [3.05, 3.63) is 10.8 Å². The van der Waals surface area contributed by atoms with E-state index >= 15 is 0 Å². The molecule has 0 aromatic carbocycles. The number of anilines is 1. The van der Waals surface area contributed by atoms with Gasteiger partial charge >= 0.3 is 0 Å². The zero-order valence-corrected chi connectivity index (χ0v) is 11.6. The molecule has 0 aliphatic carbocycles. The van der Waals surface area contributed by atoms with E-state index in [0.29, 0.717) is 11.2 Å². The Kier molecular flexibility index (Phi) is 3.11. The van der Waals surface area contributed by atoms with Crippen LogP contribution < -0.4 is 4.90 Å². The van der Waals surface area contributed by atoms with Gasteiger partial charge in [0, 0.05) is 25.7 Å². The Morgan fingerprint density at radius 1 is 1.28 bits per heavy atom. The highest BCUT2D eigenvalue weighted by molar-refractivity contribution is 6.29. The number of hydrogen-bond donors (Lipinski definition) is 0.